The highest BCUT2D eigenvalue weighted by atomic mass is 35.5. The smallest absolute Gasteiger partial charge is 0.335 e. The van der Waals surface area contributed by atoms with E-state index in [9.17, 15) is 19.8 Å². The third kappa shape index (κ3) is 2.54. The topological polar surface area (TPSA) is 74.6 Å². The Bertz CT molecular complexity index is 462. The quantitative estimate of drug-likeness (QED) is 0.779. The van der Waals surface area contributed by atoms with Crippen LogP contribution in [0.25, 0.3) is 0 Å². The van der Waals surface area contributed by atoms with Gasteiger partial charge in [0.2, 0.25) is 0 Å². The van der Waals surface area contributed by atoms with Crippen LogP contribution in [0.2, 0.25) is 0 Å². The number of aliphatic carboxylic acids is 2. The molecule has 0 radical (unpaired) electrons. The van der Waals surface area contributed by atoms with Crippen LogP contribution in [0, 0.1) is 17.8 Å². The Morgan fingerprint density at radius 2 is 1.79 bits per heavy atom. The Hall–Kier alpha value is -1.29. The van der Waals surface area contributed by atoms with Crippen molar-refractivity contribution in [2.24, 2.45) is 17.8 Å². The van der Waals surface area contributed by atoms with Crippen molar-refractivity contribution in [3.8, 4) is 0 Å². The Morgan fingerprint density at radius 1 is 1.26 bits per heavy atom. The Labute approximate surface area is 117 Å². The van der Waals surface area contributed by atoms with Gasteiger partial charge in [-0.15, -0.1) is 11.6 Å². The van der Waals surface area contributed by atoms with Crippen molar-refractivity contribution in [1.82, 2.24) is 0 Å². The third-order valence-electron chi connectivity index (χ3n) is 3.52. The largest absolute Gasteiger partial charge is 0.481 e. The lowest BCUT2D eigenvalue weighted by atomic mass is 9.69. The maximum Gasteiger partial charge on any atom is 0.335 e. The van der Waals surface area contributed by atoms with Gasteiger partial charge in [0.25, 0.3) is 0 Å². The summed E-state index contributed by atoms with van der Waals surface area (Å²) < 4.78 is 0. The number of allylic oxidation sites excluding steroid dienone is 1. The van der Waals surface area contributed by atoms with E-state index < -0.39 is 22.7 Å². The Balaban J connectivity index is 3.58. The molecule has 5 heteroatoms. The molecule has 1 aliphatic carbocycles. The SMILES string of the molecule is CC(C)C1=C(C(=O)O)C=CC(C(=O)O)C1(Cl)C(C)C. The molecule has 19 heavy (non-hydrogen) atoms. The fourth-order valence-corrected chi connectivity index (χ4v) is 3.15. The minimum Gasteiger partial charge on any atom is -0.481 e. The summed E-state index contributed by atoms with van der Waals surface area (Å²) in [4.78, 5) is 21.5. The summed E-state index contributed by atoms with van der Waals surface area (Å²) in [5, 5.41) is 18.6. The van der Waals surface area contributed by atoms with Crippen molar-refractivity contribution in [3.05, 3.63) is 23.3 Å². The Kier molecular flexibility index (Phi) is 4.46. The van der Waals surface area contributed by atoms with Crippen LogP contribution in [0.3, 0.4) is 0 Å². The van der Waals surface area contributed by atoms with Gasteiger partial charge in [-0.3, -0.25) is 4.79 Å². The van der Waals surface area contributed by atoms with Gasteiger partial charge in [-0.05, 0) is 17.4 Å². The zero-order chi connectivity index (χ0) is 15.0. The number of halogens is 1. The van der Waals surface area contributed by atoms with E-state index in [-0.39, 0.29) is 17.4 Å². The van der Waals surface area contributed by atoms with Crippen LogP contribution >= 0.6 is 11.6 Å². The molecule has 0 heterocycles. The molecule has 0 saturated carbocycles. The predicted octanol–water partition coefficient (Wildman–Crippen LogP) is 2.93. The average molecular weight is 287 g/mol. The molecule has 1 rings (SSSR count). The number of carboxylic acid groups (broad SMARTS) is 2. The molecule has 0 bridgehead atoms. The molecule has 4 nitrogen and oxygen atoms in total. The van der Waals surface area contributed by atoms with Crippen LogP contribution in [0.15, 0.2) is 23.3 Å². The third-order valence-corrected chi connectivity index (χ3v) is 4.40. The first-order valence-corrected chi connectivity index (χ1v) is 6.59. The lowest BCUT2D eigenvalue weighted by Crippen LogP contribution is -2.46. The number of alkyl halides is 1. The molecule has 0 spiro atoms. The standard InChI is InChI=1S/C14H19ClO4/c1-7(2)11-9(12(16)17)5-6-10(13(18)19)14(11,15)8(3)4/h5-8,10H,1-4H3,(H,16,17)(H,18,19). The van der Waals surface area contributed by atoms with Crippen molar-refractivity contribution in [2.75, 3.05) is 0 Å². The zero-order valence-corrected chi connectivity index (χ0v) is 12.2. The van der Waals surface area contributed by atoms with Gasteiger partial charge in [-0.25, -0.2) is 4.79 Å². The van der Waals surface area contributed by atoms with E-state index in [4.69, 9.17) is 11.6 Å². The number of carboxylic acids is 2. The van der Waals surface area contributed by atoms with Crippen LogP contribution in [-0.2, 0) is 9.59 Å². The van der Waals surface area contributed by atoms with Crippen LogP contribution < -0.4 is 0 Å². The van der Waals surface area contributed by atoms with Crippen LogP contribution in [0.4, 0.5) is 0 Å². The van der Waals surface area contributed by atoms with E-state index in [0.29, 0.717) is 5.57 Å². The fraction of sp³-hybridized carbons (Fsp3) is 0.571. The van der Waals surface area contributed by atoms with Gasteiger partial charge in [0.05, 0.1) is 16.4 Å². The maximum absolute atomic E-state index is 11.4. The molecule has 2 unspecified atom stereocenters. The van der Waals surface area contributed by atoms with Crippen molar-refractivity contribution in [2.45, 2.75) is 32.6 Å². The summed E-state index contributed by atoms with van der Waals surface area (Å²) in [7, 11) is 0. The highest BCUT2D eigenvalue weighted by molar-refractivity contribution is 6.28. The summed E-state index contributed by atoms with van der Waals surface area (Å²) in [5.74, 6) is -3.38. The second-order valence-electron chi connectivity index (χ2n) is 5.38. The molecule has 0 saturated heterocycles. The van der Waals surface area contributed by atoms with Crippen molar-refractivity contribution in [1.29, 1.82) is 0 Å². The number of hydrogen-bond acceptors (Lipinski definition) is 2. The first-order chi connectivity index (χ1) is 8.63. The molecule has 2 atom stereocenters. The van der Waals surface area contributed by atoms with Gasteiger partial charge in [0.1, 0.15) is 0 Å². The zero-order valence-electron chi connectivity index (χ0n) is 11.5. The van der Waals surface area contributed by atoms with Gasteiger partial charge >= 0.3 is 11.9 Å². The second kappa shape index (κ2) is 5.37. The van der Waals surface area contributed by atoms with Crippen LogP contribution in [0.5, 0.6) is 0 Å². The molecule has 2 N–H and O–H groups in total. The second-order valence-corrected chi connectivity index (χ2v) is 6.01. The molecular formula is C14H19ClO4. The number of rotatable bonds is 4. The van der Waals surface area contributed by atoms with Gasteiger partial charge in [0.15, 0.2) is 0 Å². The van der Waals surface area contributed by atoms with E-state index in [0.717, 1.165) is 0 Å². The molecular weight excluding hydrogens is 268 g/mol. The predicted molar refractivity (Wildman–Crippen MR) is 73.2 cm³/mol. The molecule has 0 aliphatic heterocycles. The van der Waals surface area contributed by atoms with E-state index in [1.165, 1.54) is 12.2 Å². The van der Waals surface area contributed by atoms with Gasteiger partial charge < -0.3 is 10.2 Å². The van der Waals surface area contributed by atoms with E-state index >= 15 is 0 Å². The summed E-state index contributed by atoms with van der Waals surface area (Å²) in [6.45, 7) is 7.28. The molecule has 0 aromatic carbocycles. The first-order valence-electron chi connectivity index (χ1n) is 6.21. The van der Waals surface area contributed by atoms with Crippen molar-refractivity contribution >= 4 is 23.5 Å². The van der Waals surface area contributed by atoms with Gasteiger partial charge in [-0.2, -0.15) is 0 Å². The van der Waals surface area contributed by atoms with E-state index in [1.54, 1.807) is 0 Å². The molecule has 0 aromatic rings. The van der Waals surface area contributed by atoms with Crippen molar-refractivity contribution in [3.63, 3.8) is 0 Å². The maximum atomic E-state index is 11.4. The summed E-state index contributed by atoms with van der Waals surface area (Å²) >= 11 is 6.62. The van der Waals surface area contributed by atoms with Gasteiger partial charge in [0, 0.05) is 0 Å². The molecule has 0 aromatic heterocycles. The monoisotopic (exact) mass is 286 g/mol. The molecule has 1 aliphatic rings. The minimum atomic E-state index is -1.21. The normalized spacial score (nSPS) is 27.2. The van der Waals surface area contributed by atoms with E-state index in [1.807, 2.05) is 27.7 Å². The summed E-state index contributed by atoms with van der Waals surface area (Å²) in [6.07, 6.45) is 2.74. The molecule has 0 fully saturated rings. The average Bonchev–Trinajstić information content (AvgIpc) is 2.26. The lowest BCUT2D eigenvalue weighted by Gasteiger charge is -2.42. The van der Waals surface area contributed by atoms with Gasteiger partial charge in [-0.1, -0.05) is 39.8 Å². The highest BCUT2D eigenvalue weighted by Crippen LogP contribution is 2.48. The summed E-state index contributed by atoms with van der Waals surface area (Å²) in [5.41, 5.74) is 0.600. The first kappa shape index (κ1) is 15.8. The van der Waals surface area contributed by atoms with Crippen LogP contribution in [0.1, 0.15) is 27.7 Å². The summed E-state index contributed by atoms with van der Waals surface area (Å²) in [6, 6.07) is 0. The highest BCUT2D eigenvalue weighted by Gasteiger charge is 2.50. The number of carbonyl (C=O) groups is 2. The molecule has 106 valence electrons. The van der Waals surface area contributed by atoms with E-state index in [2.05, 4.69) is 0 Å². The lowest BCUT2D eigenvalue weighted by molar-refractivity contribution is -0.141. The van der Waals surface area contributed by atoms with Crippen molar-refractivity contribution < 1.29 is 19.8 Å². The number of hydrogen-bond donors (Lipinski definition) is 2. The van der Waals surface area contributed by atoms with Crippen LogP contribution in [-0.4, -0.2) is 27.0 Å². The Morgan fingerprint density at radius 3 is 2.11 bits per heavy atom. The fourth-order valence-electron chi connectivity index (χ4n) is 2.67. The molecule has 0 amide bonds. The minimum absolute atomic E-state index is 0.108.